The molecule has 1 N–H and O–H groups in total. The number of fused-ring (bicyclic) bond motifs is 3. The Morgan fingerprint density at radius 1 is 0.938 bits per heavy atom. The van der Waals surface area contributed by atoms with Gasteiger partial charge in [0.05, 0.1) is 30.8 Å². The highest BCUT2D eigenvalue weighted by Gasteiger charge is 2.26. The molecule has 5 nitrogen and oxygen atoms in total. The Bertz CT molecular complexity index is 1330. The van der Waals surface area contributed by atoms with Crippen LogP contribution in [-0.4, -0.2) is 24.7 Å². The molecule has 4 aromatic rings. The highest BCUT2D eigenvalue weighted by molar-refractivity contribution is 5.97. The van der Waals surface area contributed by atoms with Gasteiger partial charge in [0.2, 0.25) is 0 Å². The van der Waals surface area contributed by atoms with Crippen molar-refractivity contribution in [3.63, 3.8) is 0 Å². The summed E-state index contributed by atoms with van der Waals surface area (Å²) < 4.78 is 13.4. The highest BCUT2D eigenvalue weighted by atomic mass is 16.5. The Kier molecular flexibility index (Phi) is 5.36. The van der Waals surface area contributed by atoms with E-state index in [9.17, 15) is 5.26 Å². The zero-order valence-electron chi connectivity index (χ0n) is 18.5. The molecule has 5 rings (SSSR count). The molecule has 0 bridgehead atoms. The fourth-order valence-electron chi connectivity index (χ4n) is 4.96. The number of nitrogens with zero attached hydrogens (tertiary/aromatic N) is 2. The second kappa shape index (κ2) is 8.47. The van der Waals surface area contributed by atoms with Crippen LogP contribution >= 0.6 is 0 Å². The molecule has 0 amide bonds. The monoisotopic (exact) mass is 425 g/mol. The van der Waals surface area contributed by atoms with E-state index in [0.717, 1.165) is 52.0 Å². The molecule has 1 saturated carbocycles. The van der Waals surface area contributed by atoms with Gasteiger partial charge in [0.15, 0.2) is 0 Å². The molecule has 0 atom stereocenters. The van der Waals surface area contributed by atoms with Gasteiger partial charge in [0, 0.05) is 17.2 Å². The van der Waals surface area contributed by atoms with Crippen LogP contribution in [0.3, 0.4) is 0 Å². The van der Waals surface area contributed by atoms with Crippen LogP contribution < -0.4 is 14.8 Å². The van der Waals surface area contributed by atoms with Crippen LogP contribution in [0.5, 0.6) is 11.5 Å². The Morgan fingerprint density at radius 2 is 1.75 bits per heavy atom. The minimum absolute atomic E-state index is 0.378. The third-order valence-corrected chi connectivity index (χ3v) is 6.54. The molecule has 2 aromatic heterocycles. The van der Waals surface area contributed by atoms with E-state index in [-0.39, 0.29) is 0 Å². The first-order chi connectivity index (χ1) is 15.7. The van der Waals surface area contributed by atoms with Crippen molar-refractivity contribution in [2.45, 2.75) is 38.1 Å². The van der Waals surface area contributed by atoms with Gasteiger partial charge in [-0.2, -0.15) is 5.26 Å². The van der Waals surface area contributed by atoms with Gasteiger partial charge < -0.3 is 14.8 Å². The number of benzene rings is 2. The standard InChI is InChI=1S/C27H27N3O2/c1-31-20-13-15-25(32-2)21(16-20)26-22(17-28)24-14-12-18-8-6-7-11-23(18)30(24)27(26)29-19-9-4-3-5-10-19/h6-8,11-16,19,29H,3-5,9-10H2,1-2H3. The maximum atomic E-state index is 10.3. The summed E-state index contributed by atoms with van der Waals surface area (Å²) >= 11 is 0. The lowest BCUT2D eigenvalue weighted by atomic mass is 9.95. The third-order valence-electron chi connectivity index (χ3n) is 6.54. The molecule has 1 aliphatic carbocycles. The number of anilines is 1. The normalized spacial score (nSPS) is 14.4. The van der Waals surface area contributed by atoms with Crippen molar-refractivity contribution in [3.05, 3.63) is 60.2 Å². The van der Waals surface area contributed by atoms with Gasteiger partial charge in [-0.05, 0) is 48.6 Å². The van der Waals surface area contributed by atoms with Gasteiger partial charge in [-0.25, -0.2) is 0 Å². The van der Waals surface area contributed by atoms with E-state index in [0.29, 0.717) is 17.4 Å². The van der Waals surface area contributed by atoms with Crippen molar-refractivity contribution in [2.75, 3.05) is 19.5 Å². The van der Waals surface area contributed by atoms with Gasteiger partial charge in [0.25, 0.3) is 0 Å². The second-order valence-electron chi connectivity index (χ2n) is 8.37. The van der Waals surface area contributed by atoms with E-state index in [2.05, 4.69) is 34.0 Å². The molecular weight excluding hydrogens is 398 g/mol. The van der Waals surface area contributed by atoms with Crippen molar-refractivity contribution in [3.8, 4) is 28.7 Å². The smallest absolute Gasteiger partial charge is 0.127 e. The van der Waals surface area contributed by atoms with Gasteiger partial charge in [-0.1, -0.05) is 43.5 Å². The van der Waals surface area contributed by atoms with Crippen LogP contribution in [0, 0.1) is 11.3 Å². The van der Waals surface area contributed by atoms with E-state index >= 15 is 0 Å². The van der Waals surface area contributed by atoms with Crippen LogP contribution in [0.15, 0.2) is 54.6 Å². The fraction of sp³-hybridized carbons (Fsp3) is 0.296. The van der Waals surface area contributed by atoms with E-state index < -0.39 is 0 Å². The van der Waals surface area contributed by atoms with Crippen LogP contribution in [0.4, 0.5) is 5.82 Å². The van der Waals surface area contributed by atoms with E-state index in [1.165, 1.54) is 19.3 Å². The molecule has 2 aromatic carbocycles. The summed E-state index contributed by atoms with van der Waals surface area (Å²) in [5.41, 5.74) is 4.33. The number of hydrogen-bond acceptors (Lipinski definition) is 4. The summed E-state index contributed by atoms with van der Waals surface area (Å²) in [4.78, 5) is 0. The average Bonchev–Trinajstić information content (AvgIpc) is 3.17. The summed E-state index contributed by atoms with van der Waals surface area (Å²) in [6, 6.07) is 21.1. The topological polar surface area (TPSA) is 58.7 Å². The van der Waals surface area contributed by atoms with E-state index in [1.807, 2.05) is 36.4 Å². The zero-order chi connectivity index (χ0) is 22.1. The minimum Gasteiger partial charge on any atom is -0.497 e. The summed E-state index contributed by atoms with van der Waals surface area (Å²) in [7, 11) is 3.32. The lowest BCUT2D eigenvalue weighted by molar-refractivity contribution is 0.404. The number of rotatable bonds is 5. The largest absolute Gasteiger partial charge is 0.497 e. The maximum Gasteiger partial charge on any atom is 0.127 e. The van der Waals surface area contributed by atoms with Gasteiger partial charge in [0.1, 0.15) is 23.4 Å². The number of hydrogen-bond donors (Lipinski definition) is 1. The molecule has 162 valence electrons. The fourth-order valence-corrected chi connectivity index (χ4v) is 4.96. The van der Waals surface area contributed by atoms with Crippen molar-refractivity contribution in [1.82, 2.24) is 4.40 Å². The average molecular weight is 426 g/mol. The van der Waals surface area contributed by atoms with Crippen LogP contribution in [-0.2, 0) is 0 Å². The molecule has 0 radical (unpaired) electrons. The third kappa shape index (κ3) is 3.33. The molecule has 2 heterocycles. The Labute approximate surface area is 188 Å². The molecule has 1 fully saturated rings. The van der Waals surface area contributed by atoms with Crippen LogP contribution in [0.2, 0.25) is 0 Å². The van der Waals surface area contributed by atoms with E-state index in [4.69, 9.17) is 9.47 Å². The van der Waals surface area contributed by atoms with Gasteiger partial charge in [-0.15, -0.1) is 0 Å². The molecule has 0 spiro atoms. The predicted octanol–water partition coefficient (Wildman–Crippen LogP) is 6.39. The first kappa shape index (κ1) is 20.3. The summed E-state index contributed by atoms with van der Waals surface area (Å²) in [6.07, 6.45) is 6.01. The Balaban J connectivity index is 1.86. The molecular formula is C27H27N3O2. The van der Waals surface area contributed by atoms with Crippen LogP contribution in [0.1, 0.15) is 37.7 Å². The number of nitriles is 1. The van der Waals surface area contributed by atoms with Crippen molar-refractivity contribution >= 4 is 22.2 Å². The number of nitrogens with one attached hydrogen (secondary N) is 1. The SMILES string of the molecule is COc1ccc(OC)c(-c2c(C#N)c3ccc4ccccc4n3c2NC2CCCCC2)c1. The summed E-state index contributed by atoms with van der Waals surface area (Å²) in [5.74, 6) is 2.40. The molecule has 0 aliphatic heterocycles. The van der Waals surface area contributed by atoms with Crippen LogP contribution in [0.25, 0.3) is 27.5 Å². The highest BCUT2D eigenvalue weighted by Crippen LogP contribution is 2.44. The Morgan fingerprint density at radius 3 is 2.50 bits per heavy atom. The van der Waals surface area contributed by atoms with Gasteiger partial charge in [-0.3, -0.25) is 4.40 Å². The molecule has 32 heavy (non-hydrogen) atoms. The maximum absolute atomic E-state index is 10.3. The van der Waals surface area contributed by atoms with Crippen molar-refractivity contribution in [2.24, 2.45) is 0 Å². The quantitative estimate of drug-likeness (QED) is 0.402. The van der Waals surface area contributed by atoms with Gasteiger partial charge >= 0.3 is 0 Å². The summed E-state index contributed by atoms with van der Waals surface area (Å²) in [6.45, 7) is 0. The number of aromatic nitrogens is 1. The Hall–Kier alpha value is -3.65. The number of pyridine rings is 1. The van der Waals surface area contributed by atoms with E-state index in [1.54, 1.807) is 14.2 Å². The van der Waals surface area contributed by atoms with Crippen molar-refractivity contribution in [1.29, 1.82) is 5.26 Å². The molecule has 5 heteroatoms. The summed E-state index contributed by atoms with van der Waals surface area (Å²) in [5, 5.41) is 15.3. The lowest BCUT2D eigenvalue weighted by Gasteiger charge is -2.25. The molecule has 0 saturated heterocycles. The first-order valence-electron chi connectivity index (χ1n) is 11.2. The molecule has 0 unspecified atom stereocenters. The second-order valence-corrected chi connectivity index (χ2v) is 8.37. The molecule has 1 aliphatic rings. The zero-order valence-corrected chi connectivity index (χ0v) is 18.5. The lowest BCUT2D eigenvalue weighted by Crippen LogP contribution is -2.23. The first-order valence-corrected chi connectivity index (χ1v) is 11.2. The number of ether oxygens (including phenoxy) is 2. The van der Waals surface area contributed by atoms with Crippen molar-refractivity contribution < 1.29 is 9.47 Å². The minimum atomic E-state index is 0.378. The predicted molar refractivity (Wildman–Crippen MR) is 129 cm³/mol. The number of para-hydroxylation sites is 1. The number of methoxy groups -OCH3 is 2.